The van der Waals surface area contributed by atoms with Crippen molar-refractivity contribution in [2.75, 3.05) is 6.54 Å². The van der Waals surface area contributed by atoms with Crippen LogP contribution in [-0.4, -0.2) is 12.6 Å². The summed E-state index contributed by atoms with van der Waals surface area (Å²) in [7, 11) is 0. The highest BCUT2D eigenvalue weighted by Crippen LogP contribution is 2.22. The monoisotopic (exact) mass is 169 g/mol. The van der Waals surface area contributed by atoms with Crippen molar-refractivity contribution in [2.45, 2.75) is 32.2 Å². The zero-order valence-corrected chi connectivity index (χ0v) is 7.57. The van der Waals surface area contributed by atoms with E-state index in [4.69, 9.17) is 0 Å². The van der Waals surface area contributed by atoms with Gasteiger partial charge in [0.25, 0.3) is 0 Å². The van der Waals surface area contributed by atoms with E-state index in [0.29, 0.717) is 0 Å². The second-order valence-corrected chi connectivity index (χ2v) is 3.10. The van der Waals surface area contributed by atoms with Gasteiger partial charge >= 0.3 is 0 Å². The maximum atomic E-state index is 13.2. The molecule has 1 saturated heterocycles. The average molecular weight is 169 g/mol. The van der Waals surface area contributed by atoms with E-state index < -0.39 is 0 Å². The average Bonchev–Trinajstić information content (AvgIpc) is 2.16. The molecule has 12 heavy (non-hydrogen) atoms. The van der Waals surface area contributed by atoms with Gasteiger partial charge in [0.05, 0.1) is 0 Å². The van der Waals surface area contributed by atoms with Gasteiger partial charge in [0.15, 0.2) is 0 Å². The summed E-state index contributed by atoms with van der Waals surface area (Å²) in [5.74, 6) is -0.131. The molecule has 0 aromatic rings. The highest BCUT2D eigenvalue weighted by atomic mass is 19.1. The van der Waals surface area contributed by atoms with Crippen LogP contribution in [0, 0.1) is 0 Å². The number of halogens is 1. The minimum Gasteiger partial charge on any atom is -0.310 e. The lowest BCUT2D eigenvalue weighted by molar-refractivity contribution is 0.460. The molecule has 1 nitrogen and oxygen atoms in total. The molecule has 0 aromatic heterocycles. The fraction of sp³-hybridized carbons (Fsp3) is 0.600. The molecule has 1 aliphatic rings. The third-order valence-electron chi connectivity index (χ3n) is 2.33. The van der Waals surface area contributed by atoms with Gasteiger partial charge in [0.2, 0.25) is 0 Å². The van der Waals surface area contributed by atoms with Crippen molar-refractivity contribution < 1.29 is 4.39 Å². The summed E-state index contributed by atoms with van der Waals surface area (Å²) in [5, 5.41) is 3.29. The minimum atomic E-state index is -0.131. The fourth-order valence-electron chi connectivity index (χ4n) is 1.66. The normalized spacial score (nSPS) is 28.3. The molecule has 0 aromatic carbocycles. The third kappa shape index (κ3) is 1.95. The summed E-state index contributed by atoms with van der Waals surface area (Å²) in [4.78, 5) is 0. The fourth-order valence-corrected chi connectivity index (χ4v) is 1.66. The quantitative estimate of drug-likeness (QED) is 0.670. The molecule has 0 aliphatic carbocycles. The molecule has 1 heterocycles. The molecule has 0 bridgehead atoms. The van der Waals surface area contributed by atoms with Crippen LogP contribution >= 0.6 is 0 Å². The minimum absolute atomic E-state index is 0.131. The summed E-state index contributed by atoms with van der Waals surface area (Å²) >= 11 is 0. The van der Waals surface area contributed by atoms with Crippen molar-refractivity contribution in [3.05, 3.63) is 24.1 Å². The standard InChI is InChI=1S/C10H16FN/c1-3-9(11)8-6-5-7-12-10(8)4-2/h3,10,12H,1,4-7H2,2H3/b9-8+. The maximum absolute atomic E-state index is 13.2. The Bertz CT molecular complexity index is 196. The molecule has 1 rings (SSSR count). The van der Waals surface area contributed by atoms with Gasteiger partial charge in [-0.25, -0.2) is 4.39 Å². The molecular formula is C10H16FN. The van der Waals surface area contributed by atoms with Gasteiger partial charge in [-0.05, 0) is 37.5 Å². The topological polar surface area (TPSA) is 12.0 Å². The lowest BCUT2D eigenvalue weighted by atomic mass is 9.95. The number of rotatable bonds is 2. The molecule has 0 amide bonds. The van der Waals surface area contributed by atoms with E-state index in [1.165, 1.54) is 6.08 Å². The second-order valence-electron chi connectivity index (χ2n) is 3.10. The third-order valence-corrected chi connectivity index (χ3v) is 2.33. The molecule has 0 saturated carbocycles. The van der Waals surface area contributed by atoms with Crippen LogP contribution in [-0.2, 0) is 0 Å². The van der Waals surface area contributed by atoms with E-state index in [9.17, 15) is 4.39 Å². The van der Waals surface area contributed by atoms with Crippen molar-refractivity contribution in [1.29, 1.82) is 0 Å². The molecule has 1 N–H and O–H groups in total. The highest BCUT2D eigenvalue weighted by Gasteiger charge is 2.18. The Labute approximate surface area is 73.4 Å². The summed E-state index contributed by atoms with van der Waals surface area (Å²) in [6, 6.07) is 0.233. The van der Waals surface area contributed by atoms with Crippen LogP contribution in [0.1, 0.15) is 26.2 Å². The van der Waals surface area contributed by atoms with Crippen LogP contribution in [0.25, 0.3) is 0 Å². The van der Waals surface area contributed by atoms with E-state index >= 15 is 0 Å². The van der Waals surface area contributed by atoms with Gasteiger partial charge in [-0.2, -0.15) is 0 Å². The van der Waals surface area contributed by atoms with Gasteiger partial charge in [0.1, 0.15) is 5.83 Å². The summed E-state index contributed by atoms with van der Waals surface area (Å²) in [5.41, 5.74) is 0.902. The first-order valence-electron chi connectivity index (χ1n) is 4.54. The zero-order valence-electron chi connectivity index (χ0n) is 7.57. The number of piperidine rings is 1. The first-order chi connectivity index (χ1) is 5.79. The van der Waals surface area contributed by atoms with E-state index in [2.05, 4.69) is 18.8 Å². The lowest BCUT2D eigenvalue weighted by Crippen LogP contribution is -2.35. The zero-order chi connectivity index (χ0) is 8.97. The number of hydrogen-bond acceptors (Lipinski definition) is 1. The van der Waals surface area contributed by atoms with Crippen LogP contribution in [0.4, 0.5) is 4.39 Å². The van der Waals surface area contributed by atoms with Crippen LogP contribution in [0.5, 0.6) is 0 Å². The molecule has 0 spiro atoms. The number of allylic oxidation sites excluding steroid dienone is 2. The predicted molar refractivity (Wildman–Crippen MR) is 49.6 cm³/mol. The molecule has 1 fully saturated rings. The Morgan fingerprint density at radius 1 is 1.83 bits per heavy atom. The van der Waals surface area contributed by atoms with Crippen molar-refractivity contribution in [3.63, 3.8) is 0 Å². The summed E-state index contributed by atoms with van der Waals surface area (Å²) in [6.45, 7) is 6.52. The van der Waals surface area contributed by atoms with Crippen molar-refractivity contribution in [2.24, 2.45) is 0 Å². The molecule has 1 aliphatic heterocycles. The van der Waals surface area contributed by atoms with Crippen LogP contribution in [0.2, 0.25) is 0 Å². The number of hydrogen-bond donors (Lipinski definition) is 1. The summed E-state index contributed by atoms with van der Waals surface area (Å²) in [6.07, 6.45) is 4.18. The van der Waals surface area contributed by atoms with E-state index in [1.54, 1.807) is 0 Å². The maximum Gasteiger partial charge on any atom is 0.123 e. The molecule has 1 atom stereocenters. The SMILES string of the molecule is C=C/C(F)=C1/CCCNC1CC. The Balaban J connectivity index is 2.77. The van der Waals surface area contributed by atoms with Crippen molar-refractivity contribution >= 4 is 0 Å². The smallest absolute Gasteiger partial charge is 0.123 e. The molecule has 1 unspecified atom stereocenters. The number of nitrogens with one attached hydrogen (secondary N) is 1. The van der Waals surface area contributed by atoms with Gasteiger partial charge in [-0.1, -0.05) is 13.5 Å². The molecule has 2 heteroatoms. The molecule has 68 valence electrons. The second kappa shape index (κ2) is 4.41. The highest BCUT2D eigenvalue weighted by molar-refractivity contribution is 5.23. The van der Waals surface area contributed by atoms with Crippen LogP contribution < -0.4 is 5.32 Å². The van der Waals surface area contributed by atoms with Crippen LogP contribution in [0.15, 0.2) is 24.1 Å². The van der Waals surface area contributed by atoms with Crippen molar-refractivity contribution in [1.82, 2.24) is 5.32 Å². The van der Waals surface area contributed by atoms with Crippen molar-refractivity contribution in [3.8, 4) is 0 Å². The largest absolute Gasteiger partial charge is 0.310 e. The van der Waals surface area contributed by atoms with E-state index in [0.717, 1.165) is 31.4 Å². The molecule has 0 radical (unpaired) electrons. The Hall–Kier alpha value is -0.630. The van der Waals surface area contributed by atoms with Gasteiger partial charge in [0, 0.05) is 6.04 Å². The predicted octanol–water partition coefficient (Wildman–Crippen LogP) is 2.56. The van der Waals surface area contributed by atoms with Gasteiger partial charge in [-0.15, -0.1) is 0 Å². The Morgan fingerprint density at radius 3 is 3.17 bits per heavy atom. The first kappa shape index (κ1) is 9.46. The summed E-state index contributed by atoms with van der Waals surface area (Å²) < 4.78 is 13.2. The van der Waals surface area contributed by atoms with E-state index in [-0.39, 0.29) is 11.9 Å². The first-order valence-corrected chi connectivity index (χ1v) is 4.54. The molecular weight excluding hydrogens is 153 g/mol. The van der Waals surface area contributed by atoms with Gasteiger partial charge < -0.3 is 5.32 Å². The van der Waals surface area contributed by atoms with Crippen LogP contribution in [0.3, 0.4) is 0 Å². The Morgan fingerprint density at radius 2 is 2.58 bits per heavy atom. The van der Waals surface area contributed by atoms with E-state index in [1.807, 2.05) is 0 Å². The Kier molecular flexibility index (Phi) is 3.48. The lowest BCUT2D eigenvalue weighted by Gasteiger charge is -2.25. The van der Waals surface area contributed by atoms with Gasteiger partial charge in [-0.3, -0.25) is 0 Å².